The molecule has 0 radical (unpaired) electrons. The fourth-order valence-corrected chi connectivity index (χ4v) is 3.52. The number of H-pyrrole nitrogens is 1. The highest BCUT2D eigenvalue weighted by Crippen LogP contribution is 2.27. The minimum atomic E-state index is 0.0444. The summed E-state index contributed by atoms with van der Waals surface area (Å²) in [6.07, 6.45) is 8.07. The second-order valence-corrected chi connectivity index (χ2v) is 6.64. The normalized spacial score (nSPS) is 23.3. The highest BCUT2D eigenvalue weighted by Gasteiger charge is 2.22. The molecule has 1 saturated carbocycles. The monoisotopic (exact) mass is 310 g/mol. The van der Waals surface area contributed by atoms with E-state index in [1.54, 1.807) is 0 Å². The summed E-state index contributed by atoms with van der Waals surface area (Å²) in [4.78, 5) is 16.3. The van der Waals surface area contributed by atoms with Crippen LogP contribution >= 0.6 is 11.8 Å². The summed E-state index contributed by atoms with van der Waals surface area (Å²) in [5, 5.41) is 10.8. The molecule has 6 nitrogen and oxygen atoms in total. The summed E-state index contributed by atoms with van der Waals surface area (Å²) in [6.45, 7) is 0.789. The van der Waals surface area contributed by atoms with Crippen LogP contribution in [0.15, 0.2) is 5.16 Å². The Bertz CT molecular complexity index is 467. The molecule has 1 aromatic rings. The van der Waals surface area contributed by atoms with Crippen LogP contribution in [0, 0.1) is 0 Å². The first-order chi connectivity index (χ1) is 10.3. The van der Waals surface area contributed by atoms with E-state index in [1.807, 2.05) is 0 Å². The lowest BCUT2D eigenvalue weighted by Gasteiger charge is -2.22. The summed E-state index contributed by atoms with van der Waals surface area (Å²) in [5.74, 6) is 1.23. The van der Waals surface area contributed by atoms with Crippen LogP contribution < -0.4 is 5.32 Å². The van der Waals surface area contributed by atoms with Crippen molar-refractivity contribution < 1.29 is 9.53 Å². The van der Waals surface area contributed by atoms with Crippen molar-refractivity contribution >= 4 is 17.7 Å². The predicted molar refractivity (Wildman–Crippen MR) is 80.0 cm³/mol. The van der Waals surface area contributed by atoms with Gasteiger partial charge in [-0.1, -0.05) is 31.0 Å². The van der Waals surface area contributed by atoms with Gasteiger partial charge in [0.05, 0.1) is 5.75 Å². The molecule has 1 atom stereocenters. The maximum Gasteiger partial charge on any atom is 0.230 e. The lowest BCUT2D eigenvalue weighted by Crippen LogP contribution is -2.37. The van der Waals surface area contributed by atoms with Crippen LogP contribution in [-0.2, 0) is 9.53 Å². The number of amides is 1. The van der Waals surface area contributed by atoms with Gasteiger partial charge in [-0.2, -0.15) is 0 Å². The molecule has 2 N–H and O–H groups in total. The van der Waals surface area contributed by atoms with E-state index in [1.165, 1.54) is 31.0 Å². The first-order valence-electron chi connectivity index (χ1n) is 7.77. The molecule has 1 aliphatic carbocycles. The number of carbonyl (C=O) groups excluding carboxylic acids is 1. The molecule has 0 bridgehead atoms. The molecule has 0 spiro atoms. The fraction of sp³-hybridized carbons (Fsp3) is 0.786. The molecular weight excluding hydrogens is 288 g/mol. The molecule has 1 amide bonds. The zero-order chi connectivity index (χ0) is 14.5. The first kappa shape index (κ1) is 14.8. The predicted octanol–water partition coefficient (Wildman–Crippen LogP) is 2.20. The molecule has 2 heterocycles. The molecule has 3 rings (SSSR count). The average Bonchev–Trinajstić information content (AvgIpc) is 3.17. The Hall–Kier alpha value is -1.08. The molecule has 2 aliphatic rings. The number of carbonyl (C=O) groups is 1. The number of nitrogens with one attached hydrogen (secondary N) is 2. The SMILES string of the molecule is O=C(CSc1n[nH]c([C@@H]2CCCO2)n1)NC1CCCCC1. The maximum absolute atomic E-state index is 11.9. The smallest absolute Gasteiger partial charge is 0.230 e. The molecular formula is C14H22N4O2S. The van der Waals surface area contributed by atoms with Gasteiger partial charge in [0.25, 0.3) is 0 Å². The van der Waals surface area contributed by atoms with Gasteiger partial charge in [0.1, 0.15) is 6.10 Å². The van der Waals surface area contributed by atoms with E-state index >= 15 is 0 Å². The van der Waals surface area contributed by atoms with Gasteiger partial charge < -0.3 is 10.1 Å². The molecule has 7 heteroatoms. The van der Waals surface area contributed by atoms with E-state index < -0.39 is 0 Å². The Morgan fingerprint density at radius 1 is 1.29 bits per heavy atom. The van der Waals surface area contributed by atoms with Gasteiger partial charge >= 0.3 is 0 Å². The third-order valence-corrected chi connectivity index (χ3v) is 4.87. The van der Waals surface area contributed by atoms with Crippen LogP contribution in [0.3, 0.4) is 0 Å². The highest BCUT2D eigenvalue weighted by atomic mass is 32.2. The first-order valence-corrected chi connectivity index (χ1v) is 8.76. The molecule has 1 saturated heterocycles. The van der Waals surface area contributed by atoms with E-state index in [-0.39, 0.29) is 12.0 Å². The summed E-state index contributed by atoms with van der Waals surface area (Å²) >= 11 is 1.38. The number of hydrogen-bond donors (Lipinski definition) is 2. The van der Waals surface area contributed by atoms with Crippen LogP contribution in [0.25, 0.3) is 0 Å². The standard InChI is InChI=1S/C14H22N4O2S/c19-12(15-10-5-2-1-3-6-10)9-21-14-16-13(17-18-14)11-7-4-8-20-11/h10-11H,1-9H2,(H,15,19)(H,16,17,18)/t11-/m0/s1. The number of ether oxygens (including phenoxy) is 1. The Morgan fingerprint density at radius 3 is 2.90 bits per heavy atom. The van der Waals surface area contributed by atoms with Crippen LogP contribution in [0.1, 0.15) is 56.9 Å². The number of aromatic amines is 1. The van der Waals surface area contributed by atoms with Crippen LogP contribution in [0.5, 0.6) is 0 Å². The molecule has 1 aliphatic heterocycles. The number of thioether (sulfide) groups is 1. The summed E-state index contributed by atoms with van der Waals surface area (Å²) in [7, 11) is 0. The summed E-state index contributed by atoms with van der Waals surface area (Å²) in [6, 6.07) is 0.362. The van der Waals surface area contributed by atoms with Gasteiger partial charge in [-0.05, 0) is 25.7 Å². The number of aromatic nitrogens is 3. The van der Waals surface area contributed by atoms with Crippen LogP contribution in [-0.4, -0.2) is 39.5 Å². The minimum Gasteiger partial charge on any atom is -0.370 e. The van der Waals surface area contributed by atoms with Gasteiger partial charge in [-0.25, -0.2) is 4.98 Å². The molecule has 0 aromatic carbocycles. The van der Waals surface area contributed by atoms with E-state index in [0.29, 0.717) is 17.0 Å². The second-order valence-electron chi connectivity index (χ2n) is 5.70. The van der Waals surface area contributed by atoms with Gasteiger partial charge in [-0.3, -0.25) is 9.89 Å². The van der Waals surface area contributed by atoms with Crippen molar-refractivity contribution in [1.29, 1.82) is 0 Å². The van der Waals surface area contributed by atoms with Gasteiger partial charge in [0.15, 0.2) is 5.82 Å². The topological polar surface area (TPSA) is 79.9 Å². The van der Waals surface area contributed by atoms with Gasteiger partial charge in [-0.15, -0.1) is 5.10 Å². The maximum atomic E-state index is 11.9. The Labute approximate surface area is 128 Å². The third-order valence-electron chi connectivity index (χ3n) is 4.02. The van der Waals surface area contributed by atoms with Crippen molar-refractivity contribution in [3.05, 3.63) is 5.82 Å². The van der Waals surface area contributed by atoms with Crippen LogP contribution in [0.2, 0.25) is 0 Å². The van der Waals surface area contributed by atoms with Gasteiger partial charge in [0.2, 0.25) is 11.1 Å². The van der Waals surface area contributed by atoms with E-state index in [9.17, 15) is 4.79 Å². The zero-order valence-corrected chi connectivity index (χ0v) is 13.0. The third kappa shape index (κ3) is 4.20. The summed E-state index contributed by atoms with van der Waals surface area (Å²) < 4.78 is 5.56. The zero-order valence-electron chi connectivity index (χ0n) is 12.1. The molecule has 2 fully saturated rings. The van der Waals surface area contributed by atoms with E-state index in [0.717, 1.165) is 38.1 Å². The molecule has 21 heavy (non-hydrogen) atoms. The Balaban J connectivity index is 1.42. The van der Waals surface area contributed by atoms with Crippen molar-refractivity contribution in [2.45, 2.75) is 62.2 Å². The van der Waals surface area contributed by atoms with E-state index in [2.05, 4.69) is 20.5 Å². The van der Waals surface area contributed by atoms with Crippen molar-refractivity contribution in [2.24, 2.45) is 0 Å². The average molecular weight is 310 g/mol. The quantitative estimate of drug-likeness (QED) is 0.815. The highest BCUT2D eigenvalue weighted by molar-refractivity contribution is 7.99. The molecule has 116 valence electrons. The largest absolute Gasteiger partial charge is 0.370 e. The van der Waals surface area contributed by atoms with Gasteiger partial charge in [0, 0.05) is 12.6 Å². The van der Waals surface area contributed by atoms with Crippen LogP contribution in [0.4, 0.5) is 0 Å². The van der Waals surface area contributed by atoms with Crippen molar-refractivity contribution in [3.8, 4) is 0 Å². The Morgan fingerprint density at radius 2 is 2.14 bits per heavy atom. The fourth-order valence-electron chi connectivity index (χ4n) is 2.91. The van der Waals surface area contributed by atoms with Crippen molar-refractivity contribution in [3.63, 3.8) is 0 Å². The number of nitrogens with zero attached hydrogens (tertiary/aromatic N) is 2. The lowest BCUT2D eigenvalue weighted by atomic mass is 9.95. The van der Waals surface area contributed by atoms with Crippen molar-refractivity contribution in [2.75, 3.05) is 12.4 Å². The van der Waals surface area contributed by atoms with Crippen molar-refractivity contribution in [1.82, 2.24) is 20.5 Å². The van der Waals surface area contributed by atoms with E-state index in [4.69, 9.17) is 4.74 Å². The second kappa shape index (κ2) is 7.26. The lowest BCUT2D eigenvalue weighted by molar-refractivity contribution is -0.119. The summed E-state index contributed by atoms with van der Waals surface area (Å²) in [5.41, 5.74) is 0. The number of hydrogen-bond acceptors (Lipinski definition) is 5. The molecule has 1 aromatic heterocycles. The number of rotatable bonds is 5. The molecule has 0 unspecified atom stereocenters. The Kier molecular flexibility index (Phi) is 5.13. The minimum absolute atomic E-state index is 0.0444.